The first-order valence-electron chi connectivity index (χ1n) is 7.50. The van der Waals surface area contributed by atoms with E-state index in [4.69, 9.17) is 11.6 Å². The van der Waals surface area contributed by atoms with Crippen molar-refractivity contribution in [2.75, 3.05) is 5.88 Å². The summed E-state index contributed by atoms with van der Waals surface area (Å²) in [6.45, 7) is 4.41. The Labute approximate surface area is 133 Å². The maximum atomic E-state index is 12.4. The zero-order valence-electron chi connectivity index (χ0n) is 12.7. The van der Waals surface area contributed by atoms with Gasteiger partial charge in [0.25, 0.3) is 0 Å². The molecule has 5 heteroatoms. The Balaban J connectivity index is 2.07. The van der Waals surface area contributed by atoms with Gasteiger partial charge >= 0.3 is 0 Å². The summed E-state index contributed by atoms with van der Waals surface area (Å²) in [7, 11) is -3.42. The highest BCUT2D eigenvalue weighted by atomic mass is 35.5. The SMILES string of the molecule is CC1(C)CCCC(NS(=O)(=O)c2ccc(CCCl)cc2)C1. The van der Waals surface area contributed by atoms with E-state index >= 15 is 0 Å². The summed E-state index contributed by atoms with van der Waals surface area (Å²) in [4.78, 5) is 0.337. The standard InChI is InChI=1S/C16H24ClNO2S/c1-16(2)10-3-4-14(12-16)18-21(19,20)15-7-5-13(6-8-15)9-11-17/h5-8,14,18H,3-4,9-12H2,1-2H3. The highest BCUT2D eigenvalue weighted by Crippen LogP contribution is 2.35. The van der Waals surface area contributed by atoms with Gasteiger partial charge in [-0.3, -0.25) is 0 Å². The summed E-state index contributed by atoms with van der Waals surface area (Å²) in [5.74, 6) is 0.543. The summed E-state index contributed by atoms with van der Waals surface area (Å²) in [5, 5.41) is 0. The zero-order chi connectivity index (χ0) is 15.5. The number of alkyl halides is 1. The summed E-state index contributed by atoms with van der Waals surface area (Å²) >= 11 is 5.69. The lowest BCUT2D eigenvalue weighted by atomic mass is 9.75. The van der Waals surface area contributed by atoms with Crippen molar-refractivity contribution in [3.8, 4) is 0 Å². The second-order valence-corrected chi connectivity index (χ2v) is 8.75. The van der Waals surface area contributed by atoms with Gasteiger partial charge in [0, 0.05) is 11.9 Å². The van der Waals surface area contributed by atoms with Gasteiger partial charge in [0.2, 0.25) is 10.0 Å². The molecule has 1 fully saturated rings. The van der Waals surface area contributed by atoms with E-state index in [9.17, 15) is 8.42 Å². The fourth-order valence-corrected chi connectivity index (χ4v) is 4.52. The number of aryl methyl sites for hydroxylation is 1. The molecule has 0 radical (unpaired) electrons. The molecule has 1 atom stereocenters. The molecule has 0 aromatic heterocycles. The van der Waals surface area contributed by atoms with Gasteiger partial charge in [-0.2, -0.15) is 0 Å². The first-order valence-corrected chi connectivity index (χ1v) is 9.51. The lowest BCUT2D eigenvalue weighted by molar-refractivity contribution is 0.212. The van der Waals surface area contributed by atoms with Gasteiger partial charge in [-0.25, -0.2) is 13.1 Å². The van der Waals surface area contributed by atoms with Crippen LogP contribution in [0.15, 0.2) is 29.2 Å². The zero-order valence-corrected chi connectivity index (χ0v) is 14.3. The third-order valence-electron chi connectivity index (χ3n) is 4.14. The Morgan fingerprint density at radius 3 is 2.52 bits per heavy atom. The number of benzene rings is 1. The van der Waals surface area contributed by atoms with Gasteiger partial charge < -0.3 is 0 Å². The number of halogens is 1. The molecule has 1 unspecified atom stereocenters. The fourth-order valence-electron chi connectivity index (χ4n) is 3.03. The normalized spacial score (nSPS) is 22.1. The van der Waals surface area contributed by atoms with Crippen molar-refractivity contribution < 1.29 is 8.42 Å². The van der Waals surface area contributed by atoms with Crippen LogP contribution in [0.3, 0.4) is 0 Å². The van der Waals surface area contributed by atoms with E-state index in [-0.39, 0.29) is 11.5 Å². The first kappa shape index (κ1) is 16.8. The third-order valence-corrected chi connectivity index (χ3v) is 5.87. The lowest BCUT2D eigenvalue weighted by Gasteiger charge is -2.35. The Morgan fingerprint density at radius 2 is 1.95 bits per heavy atom. The maximum absolute atomic E-state index is 12.4. The van der Waals surface area contributed by atoms with E-state index in [1.165, 1.54) is 6.42 Å². The molecule has 21 heavy (non-hydrogen) atoms. The molecular weight excluding hydrogens is 306 g/mol. The summed E-state index contributed by atoms with van der Waals surface area (Å²) in [5.41, 5.74) is 1.28. The largest absolute Gasteiger partial charge is 0.240 e. The van der Waals surface area contributed by atoms with Crippen LogP contribution >= 0.6 is 11.6 Å². The quantitative estimate of drug-likeness (QED) is 0.837. The monoisotopic (exact) mass is 329 g/mol. The van der Waals surface area contributed by atoms with Crippen molar-refractivity contribution >= 4 is 21.6 Å². The Hall–Kier alpha value is -0.580. The smallest absolute Gasteiger partial charge is 0.208 e. The highest BCUT2D eigenvalue weighted by Gasteiger charge is 2.30. The van der Waals surface area contributed by atoms with Crippen LogP contribution in [0.1, 0.15) is 45.1 Å². The second-order valence-electron chi connectivity index (χ2n) is 6.66. The third kappa shape index (κ3) is 4.70. The van der Waals surface area contributed by atoms with E-state index in [1.807, 2.05) is 12.1 Å². The second kappa shape index (κ2) is 6.67. The van der Waals surface area contributed by atoms with Crippen molar-refractivity contribution in [2.24, 2.45) is 5.41 Å². The van der Waals surface area contributed by atoms with Gasteiger partial charge in [0.15, 0.2) is 0 Å². The number of sulfonamides is 1. The van der Waals surface area contributed by atoms with E-state index in [0.717, 1.165) is 31.2 Å². The molecule has 1 N–H and O–H groups in total. The van der Waals surface area contributed by atoms with Crippen LogP contribution in [0.2, 0.25) is 0 Å². The van der Waals surface area contributed by atoms with Gasteiger partial charge in [-0.15, -0.1) is 11.6 Å². The van der Waals surface area contributed by atoms with E-state index in [0.29, 0.717) is 10.8 Å². The Bertz CT molecular complexity index is 566. The van der Waals surface area contributed by atoms with Gasteiger partial charge in [0.05, 0.1) is 4.90 Å². The van der Waals surface area contributed by atoms with Crippen molar-refractivity contribution in [3.05, 3.63) is 29.8 Å². The average molecular weight is 330 g/mol. The molecule has 3 nitrogen and oxygen atoms in total. The molecule has 118 valence electrons. The van der Waals surface area contributed by atoms with E-state index in [1.54, 1.807) is 12.1 Å². The molecule has 0 aliphatic heterocycles. The molecule has 2 rings (SSSR count). The van der Waals surface area contributed by atoms with Crippen LogP contribution in [0.5, 0.6) is 0 Å². The van der Waals surface area contributed by atoms with Crippen molar-refractivity contribution in [3.63, 3.8) is 0 Å². The molecule has 0 amide bonds. The lowest BCUT2D eigenvalue weighted by Crippen LogP contribution is -2.40. The summed E-state index contributed by atoms with van der Waals surface area (Å²) in [6, 6.07) is 7.04. The summed E-state index contributed by atoms with van der Waals surface area (Å²) < 4.78 is 27.8. The average Bonchev–Trinajstić information content (AvgIpc) is 2.38. The molecule has 0 saturated heterocycles. The Kier molecular flexibility index (Phi) is 5.33. The van der Waals surface area contributed by atoms with Gasteiger partial charge in [-0.1, -0.05) is 32.4 Å². The first-order chi connectivity index (χ1) is 9.82. The maximum Gasteiger partial charge on any atom is 0.240 e. The van der Waals surface area contributed by atoms with Crippen LogP contribution < -0.4 is 4.72 Å². The molecule has 0 bridgehead atoms. The van der Waals surface area contributed by atoms with Crippen molar-refractivity contribution in [1.29, 1.82) is 0 Å². The molecule has 0 spiro atoms. The van der Waals surface area contributed by atoms with Crippen LogP contribution in [0, 0.1) is 5.41 Å². The summed E-state index contributed by atoms with van der Waals surface area (Å²) in [6.07, 6.45) is 4.82. The van der Waals surface area contributed by atoms with Crippen molar-refractivity contribution in [1.82, 2.24) is 4.72 Å². The minimum atomic E-state index is -3.42. The Morgan fingerprint density at radius 1 is 1.29 bits per heavy atom. The molecule has 1 aromatic carbocycles. The van der Waals surface area contributed by atoms with Crippen LogP contribution in [0.25, 0.3) is 0 Å². The predicted octanol–water partition coefficient (Wildman–Crippen LogP) is 3.72. The molecule has 1 aliphatic rings. The number of hydrogen-bond acceptors (Lipinski definition) is 2. The van der Waals surface area contributed by atoms with Gasteiger partial charge in [-0.05, 0) is 48.8 Å². The van der Waals surface area contributed by atoms with Gasteiger partial charge in [0.1, 0.15) is 0 Å². The van der Waals surface area contributed by atoms with E-state index in [2.05, 4.69) is 18.6 Å². The molecule has 1 aliphatic carbocycles. The van der Waals surface area contributed by atoms with Crippen LogP contribution in [-0.4, -0.2) is 20.3 Å². The predicted molar refractivity (Wildman–Crippen MR) is 87.2 cm³/mol. The topological polar surface area (TPSA) is 46.2 Å². The fraction of sp³-hybridized carbons (Fsp3) is 0.625. The van der Waals surface area contributed by atoms with Crippen molar-refractivity contribution in [2.45, 2.75) is 56.9 Å². The molecular formula is C16H24ClNO2S. The molecule has 0 heterocycles. The molecule has 1 aromatic rings. The molecule has 1 saturated carbocycles. The highest BCUT2D eigenvalue weighted by molar-refractivity contribution is 7.89. The minimum absolute atomic E-state index is 0.0428. The number of hydrogen-bond donors (Lipinski definition) is 1. The number of nitrogens with one attached hydrogen (secondary N) is 1. The van der Waals surface area contributed by atoms with Crippen LogP contribution in [-0.2, 0) is 16.4 Å². The minimum Gasteiger partial charge on any atom is -0.208 e. The number of rotatable bonds is 5. The van der Waals surface area contributed by atoms with E-state index < -0.39 is 10.0 Å². The van der Waals surface area contributed by atoms with Crippen LogP contribution in [0.4, 0.5) is 0 Å².